The van der Waals surface area contributed by atoms with Gasteiger partial charge in [0.15, 0.2) is 5.16 Å². The third kappa shape index (κ3) is 4.61. The minimum absolute atomic E-state index is 0.0844. The van der Waals surface area contributed by atoms with Gasteiger partial charge in [-0.05, 0) is 50.2 Å². The molecule has 0 spiro atoms. The van der Waals surface area contributed by atoms with Gasteiger partial charge in [-0.2, -0.15) is 0 Å². The zero-order chi connectivity index (χ0) is 13.7. The molecule has 2 rings (SSSR count). The van der Waals surface area contributed by atoms with Crippen LogP contribution < -0.4 is 5.32 Å². The average molecular weight is 274 g/mol. The highest BCUT2D eigenvalue weighted by atomic mass is 32.2. The maximum atomic E-state index is 4.42. The molecule has 2 aromatic rings. The maximum absolute atomic E-state index is 4.42. The zero-order valence-corrected chi connectivity index (χ0v) is 12.2. The van der Waals surface area contributed by atoms with Crippen molar-refractivity contribution in [1.29, 1.82) is 0 Å². The Hall–Kier alpha value is -1.46. The molecule has 0 aliphatic rings. The van der Waals surface area contributed by atoms with Crippen LogP contribution in [0.15, 0.2) is 47.0 Å². The van der Waals surface area contributed by atoms with Gasteiger partial charge in [-0.15, -0.1) is 0 Å². The van der Waals surface area contributed by atoms with E-state index in [0.717, 1.165) is 22.3 Å². The summed E-state index contributed by atoms with van der Waals surface area (Å²) in [6.07, 6.45) is 5.28. The third-order valence-corrected chi connectivity index (χ3v) is 3.34. The molecule has 0 aliphatic carbocycles. The van der Waals surface area contributed by atoms with E-state index < -0.39 is 0 Å². The Labute approximate surface area is 118 Å². The normalized spacial score (nSPS) is 11.5. The molecule has 0 aliphatic heterocycles. The van der Waals surface area contributed by atoms with Crippen LogP contribution in [0, 0.1) is 0 Å². The van der Waals surface area contributed by atoms with Gasteiger partial charge in [-0.3, -0.25) is 0 Å². The van der Waals surface area contributed by atoms with Crippen LogP contribution in [0.2, 0.25) is 0 Å². The molecule has 2 aromatic heterocycles. The van der Waals surface area contributed by atoms with Gasteiger partial charge in [0, 0.05) is 30.7 Å². The molecular weight excluding hydrogens is 256 g/mol. The smallest absolute Gasteiger partial charge is 0.193 e. The molecule has 0 amide bonds. The first-order valence-electron chi connectivity index (χ1n) is 6.18. The van der Waals surface area contributed by atoms with E-state index in [1.54, 1.807) is 18.6 Å². The van der Waals surface area contributed by atoms with Gasteiger partial charge in [-0.25, -0.2) is 15.0 Å². The Bertz CT molecular complexity index is 522. The van der Waals surface area contributed by atoms with Crippen LogP contribution in [-0.4, -0.2) is 20.5 Å². The molecule has 4 nitrogen and oxygen atoms in total. The van der Waals surface area contributed by atoms with Crippen LogP contribution in [0.4, 0.5) is 0 Å². The Kier molecular flexibility index (Phi) is 4.50. The average Bonchev–Trinajstić information content (AvgIpc) is 2.38. The Morgan fingerprint density at radius 2 is 1.74 bits per heavy atom. The fourth-order valence-electron chi connectivity index (χ4n) is 1.44. The van der Waals surface area contributed by atoms with Crippen molar-refractivity contribution >= 4 is 11.8 Å². The lowest BCUT2D eigenvalue weighted by atomic mass is 10.1. The zero-order valence-electron chi connectivity index (χ0n) is 11.4. The molecule has 0 fully saturated rings. The summed E-state index contributed by atoms with van der Waals surface area (Å²) in [5, 5.41) is 5.14. The summed E-state index contributed by atoms with van der Waals surface area (Å²) in [5.74, 6) is 0. The molecule has 1 N–H and O–H groups in total. The topological polar surface area (TPSA) is 50.7 Å². The number of hydrogen-bond donors (Lipinski definition) is 1. The Morgan fingerprint density at radius 3 is 2.42 bits per heavy atom. The molecular formula is C14H18N4S. The lowest BCUT2D eigenvalue weighted by molar-refractivity contribution is 0.422. The molecule has 100 valence electrons. The van der Waals surface area contributed by atoms with Crippen molar-refractivity contribution in [2.24, 2.45) is 0 Å². The molecule has 0 radical (unpaired) electrons. The van der Waals surface area contributed by atoms with Crippen molar-refractivity contribution in [2.45, 2.75) is 43.0 Å². The largest absolute Gasteiger partial charge is 0.308 e. The highest BCUT2D eigenvalue weighted by Crippen LogP contribution is 2.25. The molecule has 2 heterocycles. The number of rotatable bonds is 4. The van der Waals surface area contributed by atoms with E-state index in [0.29, 0.717) is 0 Å². The fraction of sp³-hybridized carbons (Fsp3) is 0.357. The second kappa shape index (κ2) is 6.12. The van der Waals surface area contributed by atoms with Gasteiger partial charge in [0.25, 0.3) is 0 Å². The third-order valence-electron chi connectivity index (χ3n) is 2.39. The standard InChI is InChI=1S/C14H18N4S/c1-14(2,3)18-10-11-6-4-7-15-12(11)19-13-16-8-5-9-17-13/h4-9,18H,10H2,1-3H3. The van der Waals surface area contributed by atoms with Gasteiger partial charge in [-0.1, -0.05) is 6.07 Å². The Morgan fingerprint density at radius 1 is 1.05 bits per heavy atom. The summed E-state index contributed by atoms with van der Waals surface area (Å²) in [4.78, 5) is 12.8. The number of aromatic nitrogens is 3. The second-order valence-electron chi connectivity index (χ2n) is 5.20. The number of hydrogen-bond acceptors (Lipinski definition) is 5. The maximum Gasteiger partial charge on any atom is 0.193 e. The van der Waals surface area contributed by atoms with E-state index in [1.165, 1.54) is 11.8 Å². The molecule has 0 atom stereocenters. The minimum atomic E-state index is 0.0844. The van der Waals surface area contributed by atoms with Crippen molar-refractivity contribution in [1.82, 2.24) is 20.3 Å². The quantitative estimate of drug-likeness (QED) is 0.869. The molecule has 5 heteroatoms. The first-order chi connectivity index (χ1) is 9.04. The van der Waals surface area contributed by atoms with E-state index in [4.69, 9.17) is 0 Å². The number of pyridine rings is 1. The summed E-state index contributed by atoms with van der Waals surface area (Å²) < 4.78 is 0. The van der Waals surface area contributed by atoms with Crippen molar-refractivity contribution in [3.8, 4) is 0 Å². The van der Waals surface area contributed by atoms with Crippen molar-refractivity contribution in [3.05, 3.63) is 42.4 Å². The lowest BCUT2D eigenvalue weighted by Gasteiger charge is -2.21. The van der Waals surface area contributed by atoms with E-state index in [9.17, 15) is 0 Å². The van der Waals surface area contributed by atoms with Crippen LogP contribution in [0.5, 0.6) is 0 Å². The second-order valence-corrected chi connectivity index (χ2v) is 6.16. The van der Waals surface area contributed by atoms with E-state index >= 15 is 0 Å². The van der Waals surface area contributed by atoms with E-state index in [2.05, 4.69) is 47.1 Å². The summed E-state index contributed by atoms with van der Waals surface area (Å²) in [6, 6.07) is 5.84. The van der Waals surface area contributed by atoms with Crippen molar-refractivity contribution in [2.75, 3.05) is 0 Å². The van der Waals surface area contributed by atoms with Crippen LogP contribution in [0.25, 0.3) is 0 Å². The van der Waals surface area contributed by atoms with Gasteiger partial charge in [0.1, 0.15) is 5.03 Å². The van der Waals surface area contributed by atoms with Gasteiger partial charge in [0.2, 0.25) is 0 Å². The molecule has 0 aromatic carbocycles. The predicted molar refractivity (Wildman–Crippen MR) is 77.0 cm³/mol. The minimum Gasteiger partial charge on any atom is -0.308 e. The monoisotopic (exact) mass is 274 g/mol. The molecule has 19 heavy (non-hydrogen) atoms. The first kappa shape index (κ1) is 14.0. The van der Waals surface area contributed by atoms with Gasteiger partial charge < -0.3 is 5.32 Å². The van der Waals surface area contributed by atoms with E-state index in [1.807, 2.05) is 12.1 Å². The number of nitrogens with one attached hydrogen (secondary N) is 1. The highest BCUT2D eigenvalue weighted by molar-refractivity contribution is 7.99. The van der Waals surface area contributed by atoms with Gasteiger partial charge >= 0.3 is 0 Å². The molecule has 0 saturated heterocycles. The predicted octanol–water partition coefficient (Wildman–Crippen LogP) is 2.91. The van der Waals surface area contributed by atoms with Crippen molar-refractivity contribution in [3.63, 3.8) is 0 Å². The van der Waals surface area contributed by atoms with Crippen molar-refractivity contribution < 1.29 is 0 Å². The highest BCUT2D eigenvalue weighted by Gasteiger charge is 2.12. The lowest BCUT2D eigenvalue weighted by Crippen LogP contribution is -2.35. The molecule has 0 unspecified atom stereocenters. The Balaban J connectivity index is 2.12. The summed E-state index contributed by atoms with van der Waals surface area (Å²) in [6.45, 7) is 7.23. The molecule has 0 bridgehead atoms. The van der Waals surface area contributed by atoms with Crippen LogP contribution in [-0.2, 0) is 6.54 Å². The van der Waals surface area contributed by atoms with Crippen LogP contribution in [0.1, 0.15) is 26.3 Å². The summed E-state index contributed by atoms with van der Waals surface area (Å²) in [7, 11) is 0. The van der Waals surface area contributed by atoms with E-state index in [-0.39, 0.29) is 5.54 Å². The fourth-order valence-corrected chi connectivity index (χ4v) is 2.22. The van der Waals surface area contributed by atoms with Gasteiger partial charge in [0.05, 0.1) is 0 Å². The van der Waals surface area contributed by atoms with Crippen LogP contribution >= 0.6 is 11.8 Å². The molecule has 0 saturated carbocycles. The summed E-state index contributed by atoms with van der Waals surface area (Å²) >= 11 is 1.49. The number of nitrogens with zero attached hydrogens (tertiary/aromatic N) is 3. The first-order valence-corrected chi connectivity index (χ1v) is 7.00. The summed E-state index contributed by atoms with van der Waals surface area (Å²) in [5.41, 5.74) is 1.25. The van der Waals surface area contributed by atoms with Crippen LogP contribution in [0.3, 0.4) is 0 Å². The SMILES string of the molecule is CC(C)(C)NCc1cccnc1Sc1ncccn1.